The summed E-state index contributed by atoms with van der Waals surface area (Å²) in [6.07, 6.45) is 0.658. The third-order valence-electron chi connectivity index (χ3n) is 2.27. The summed E-state index contributed by atoms with van der Waals surface area (Å²) >= 11 is 3.29. The van der Waals surface area contributed by atoms with Crippen LogP contribution in [0.3, 0.4) is 0 Å². The molecule has 0 radical (unpaired) electrons. The summed E-state index contributed by atoms with van der Waals surface area (Å²) in [5.41, 5.74) is 0.430. The van der Waals surface area contributed by atoms with E-state index in [1.54, 1.807) is 18.2 Å². The topological polar surface area (TPSA) is 63.6 Å². The Balaban J connectivity index is 2.86. The van der Waals surface area contributed by atoms with Gasteiger partial charge in [-0.05, 0) is 24.6 Å². The third-order valence-corrected chi connectivity index (χ3v) is 2.76. The lowest BCUT2D eigenvalue weighted by Gasteiger charge is -2.10. The molecule has 5 heteroatoms. The van der Waals surface area contributed by atoms with Crippen molar-refractivity contribution in [1.82, 2.24) is 0 Å². The number of aliphatic carboxylic acids is 1. The second-order valence-corrected chi connectivity index (χ2v) is 4.72. The van der Waals surface area contributed by atoms with Crippen LogP contribution >= 0.6 is 15.9 Å². The van der Waals surface area contributed by atoms with Crippen LogP contribution in [0.2, 0.25) is 0 Å². The van der Waals surface area contributed by atoms with E-state index in [1.165, 1.54) is 0 Å². The molecule has 18 heavy (non-hydrogen) atoms. The highest BCUT2D eigenvalue weighted by molar-refractivity contribution is 9.10. The highest BCUT2D eigenvalue weighted by Gasteiger charge is 2.14. The number of rotatable bonds is 7. The van der Waals surface area contributed by atoms with E-state index in [9.17, 15) is 9.59 Å². The molecule has 1 aromatic rings. The lowest BCUT2D eigenvalue weighted by Crippen LogP contribution is -2.07. The molecule has 1 N–H and O–H groups in total. The molecule has 0 fully saturated rings. The van der Waals surface area contributed by atoms with Crippen LogP contribution in [0, 0.1) is 0 Å². The Morgan fingerprint density at radius 2 is 2.06 bits per heavy atom. The lowest BCUT2D eigenvalue weighted by atomic mass is 10.1. The number of hydrogen-bond acceptors (Lipinski definition) is 3. The average molecular weight is 315 g/mol. The first-order valence-electron chi connectivity index (χ1n) is 5.72. The molecule has 1 aromatic carbocycles. The van der Waals surface area contributed by atoms with E-state index in [4.69, 9.17) is 9.84 Å². The summed E-state index contributed by atoms with van der Waals surface area (Å²) in [4.78, 5) is 22.4. The van der Waals surface area contributed by atoms with E-state index in [0.717, 1.165) is 10.9 Å². The Morgan fingerprint density at radius 3 is 2.67 bits per heavy atom. The molecule has 98 valence electrons. The summed E-state index contributed by atoms with van der Waals surface area (Å²) in [6, 6.07) is 5.17. The molecule has 0 aliphatic carbocycles. The third kappa shape index (κ3) is 4.49. The first-order chi connectivity index (χ1) is 8.54. The summed E-state index contributed by atoms with van der Waals surface area (Å²) in [7, 11) is 0. The van der Waals surface area contributed by atoms with E-state index in [-0.39, 0.29) is 18.6 Å². The van der Waals surface area contributed by atoms with Crippen molar-refractivity contribution < 1.29 is 19.4 Å². The highest BCUT2D eigenvalue weighted by atomic mass is 79.9. The summed E-state index contributed by atoms with van der Waals surface area (Å²) in [6.45, 7) is 2.51. The molecular weight excluding hydrogens is 300 g/mol. The second-order valence-electron chi connectivity index (χ2n) is 3.81. The highest BCUT2D eigenvalue weighted by Crippen LogP contribution is 2.25. The van der Waals surface area contributed by atoms with Crippen molar-refractivity contribution in [3.63, 3.8) is 0 Å². The number of carbonyl (C=O) groups excluding carboxylic acids is 1. The number of Topliss-reactive ketones (excluding diaryl/α,β-unsaturated/α-hetero) is 1. The monoisotopic (exact) mass is 314 g/mol. The largest absolute Gasteiger partial charge is 0.493 e. The van der Waals surface area contributed by atoms with Gasteiger partial charge in [-0.3, -0.25) is 9.59 Å². The fourth-order valence-corrected chi connectivity index (χ4v) is 1.77. The van der Waals surface area contributed by atoms with Gasteiger partial charge in [0, 0.05) is 10.9 Å². The molecule has 1 rings (SSSR count). The molecule has 0 aliphatic rings. The minimum atomic E-state index is -0.977. The van der Waals surface area contributed by atoms with Crippen LogP contribution in [0.25, 0.3) is 0 Å². The Bertz CT molecular complexity index is 443. The van der Waals surface area contributed by atoms with Gasteiger partial charge in [0.15, 0.2) is 5.78 Å². The van der Waals surface area contributed by atoms with Crippen molar-refractivity contribution in [3.8, 4) is 5.75 Å². The van der Waals surface area contributed by atoms with Crippen molar-refractivity contribution in [2.45, 2.75) is 26.2 Å². The van der Waals surface area contributed by atoms with Crippen molar-refractivity contribution in [2.24, 2.45) is 0 Å². The van der Waals surface area contributed by atoms with Crippen LogP contribution in [0.1, 0.15) is 36.5 Å². The zero-order chi connectivity index (χ0) is 13.5. The number of ketones is 1. The van der Waals surface area contributed by atoms with Crippen molar-refractivity contribution >= 4 is 27.7 Å². The van der Waals surface area contributed by atoms with Gasteiger partial charge >= 0.3 is 5.97 Å². The smallest absolute Gasteiger partial charge is 0.303 e. The number of hydrogen-bond donors (Lipinski definition) is 1. The van der Waals surface area contributed by atoms with Gasteiger partial charge in [-0.25, -0.2) is 0 Å². The maximum atomic E-state index is 11.9. The van der Waals surface area contributed by atoms with Crippen LogP contribution in [0.5, 0.6) is 5.75 Å². The molecule has 0 saturated carbocycles. The van der Waals surface area contributed by atoms with Gasteiger partial charge < -0.3 is 9.84 Å². The normalized spacial score (nSPS) is 10.1. The number of halogens is 1. The Morgan fingerprint density at radius 1 is 1.33 bits per heavy atom. The predicted molar refractivity (Wildman–Crippen MR) is 71.1 cm³/mol. The molecule has 0 bridgehead atoms. The number of carboxylic acids is 1. The SMILES string of the molecule is CCCOc1ccc(Br)cc1C(=O)CCC(=O)O. The van der Waals surface area contributed by atoms with Crippen LogP contribution in [-0.2, 0) is 4.79 Å². The minimum Gasteiger partial charge on any atom is -0.493 e. The first kappa shape index (κ1) is 14.7. The van der Waals surface area contributed by atoms with E-state index < -0.39 is 5.97 Å². The maximum Gasteiger partial charge on any atom is 0.303 e. The second kappa shape index (κ2) is 7.16. The summed E-state index contributed by atoms with van der Waals surface area (Å²) < 4.78 is 6.25. The standard InChI is InChI=1S/C13H15BrO4/c1-2-7-18-12-5-3-9(14)8-10(12)11(15)4-6-13(16)17/h3,5,8H,2,4,6-7H2,1H3,(H,16,17). The van der Waals surface area contributed by atoms with Crippen LogP contribution in [0.4, 0.5) is 0 Å². The molecule has 0 heterocycles. The van der Waals surface area contributed by atoms with Crippen molar-refractivity contribution in [2.75, 3.05) is 6.61 Å². The number of benzene rings is 1. The molecule has 0 aromatic heterocycles. The van der Waals surface area contributed by atoms with Crippen LogP contribution in [-0.4, -0.2) is 23.5 Å². The number of carboxylic acid groups (broad SMARTS) is 1. The molecule has 0 spiro atoms. The molecule has 0 saturated heterocycles. The molecule has 0 atom stereocenters. The Kier molecular flexibility index (Phi) is 5.85. The Hall–Kier alpha value is -1.36. The van der Waals surface area contributed by atoms with E-state index >= 15 is 0 Å². The van der Waals surface area contributed by atoms with Gasteiger partial charge in [0.1, 0.15) is 5.75 Å². The van der Waals surface area contributed by atoms with Crippen molar-refractivity contribution in [1.29, 1.82) is 0 Å². The van der Waals surface area contributed by atoms with E-state index in [0.29, 0.717) is 17.9 Å². The van der Waals surface area contributed by atoms with Gasteiger partial charge in [-0.1, -0.05) is 22.9 Å². The van der Waals surface area contributed by atoms with E-state index in [1.807, 2.05) is 6.92 Å². The molecule has 0 unspecified atom stereocenters. The van der Waals surface area contributed by atoms with Crippen molar-refractivity contribution in [3.05, 3.63) is 28.2 Å². The molecule has 4 nitrogen and oxygen atoms in total. The first-order valence-corrected chi connectivity index (χ1v) is 6.51. The van der Waals surface area contributed by atoms with Crippen LogP contribution < -0.4 is 4.74 Å². The summed E-state index contributed by atoms with van der Waals surface area (Å²) in [5.74, 6) is -0.686. The van der Waals surface area contributed by atoms with E-state index in [2.05, 4.69) is 15.9 Å². The Labute approximate surface area is 114 Å². The molecule has 0 aliphatic heterocycles. The van der Waals surface area contributed by atoms with Gasteiger partial charge in [0.2, 0.25) is 0 Å². The lowest BCUT2D eigenvalue weighted by molar-refractivity contribution is -0.136. The van der Waals surface area contributed by atoms with Gasteiger partial charge in [0.05, 0.1) is 18.6 Å². The molecule has 0 amide bonds. The van der Waals surface area contributed by atoms with Gasteiger partial charge in [0.25, 0.3) is 0 Å². The van der Waals surface area contributed by atoms with Gasteiger partial charge in [-0.15, -0.1) is 0 Å². The summed E-state index contributed by atoms with van der Waals surface area (Å²) in [5, 5.41) is 8.58. The quantitative estimate of drug-likeness (QED) is 0.784. The minimum absolute atomic E-state index is 0.0196. The predicted octanol–water partition coefficient (Wildman–Crippen LogP) is 3.29. The fraction of sp³-hybridized carbons (Fsp3) is 0.385. The van der Waals surface area contributed by atoms with Crippen LogP contribution in [0.15, 0.2) is 22.7 Å². The average Bonchev–Trinajstić information content (AvgIpc) is 2.34. The number of ether oxygens (including phenoxy) is 1. The maximum absolute atomic E-state index is 11.9. The number of carbonyl (C=O) groups is 2. The molecular formula is C13H15BrO4. The zero-order valence-corrected chi connectivity index (χ0v) is 11.7. The zero-order valence-electron chi connectivity index (χ0n) is 10.1. The van der Waals surface area contributed by atoms with Gasteiger partial charge in [-0.2, -0.15) is 0 Å². The fourth-order valence-electron chi connectivity index (χ4n) is 1.41.